The van der Waals surface area contributed by atoms with Crippen molar-refractivity contribution in [2.75, 3.05) is 4.31 Å². The van der Waals surface area contributed by atoms with E-state index in [4.69, 9.17) is 0 Å². The van der Waals surface area contributed by atoms with Crippen molar-refractivity contribution in [3.05, 3.63) is 28.8 Å². The highest BCUT2D eigenvalue weighted by atomic mass is 32.1. The summed E-state index contributed by atoms with van der Waals surface area (Å²) in [6.45, 7) is 10.8. The quantitative estimate of drug-likeness (QED) is 0.696. The topological polar surface area (TPSA) is 32.3 Å². The summed E-state index contributed by atoms with van der Waals surface area (Å²) in [5.41, 5.74) is 4.56. The summed E-state index contributed by atoms with van der Waals surface area (Å²) >= 11 is 4.57. The Labute approximate surface area is 146 Å². The molecular formula is C19H30N2OS. The third-order valence-corrected chi connectivity index (χ3v) is 5.03. The maximum atomic E-state index is 12.7. The maximum absolute atomic E-state index is 12.7. The van der Waals surface area contributed by atoms with Crippen LogP contribution in [0.4, 0.5) is 10.5 Å². The number of nitrogens with one attached hydrogen (secondary N) is 1. The van der Waals surface area contributed by atoms with Crippen LogP contribution >= 0.6 is 12.8 Å². The Morgan fingerprint density at radius 2 is 1.61 bits per heavy atom. The van der Waals surface area contributed by atoms with Crippen molar-refractivity contribution in [1.82, 2.24) is 5.32 Å². The SMILES string of the molecule is Cc1cc(C(C)C)c(N(S)C(=O)NC2CCCC2)c(C(C)C)c1. The average molecular weight is 335 g/mol. The minimum absolute atomic E-state index is 0.104. The van der Waals surface area contributed by atoms with Gasteiger partial charge in [-0.2, -0.15) is 0 Å². The second kappa shape index (κ2) is 7.61. The Balaban J connectivity index is 2.36. The van der Waals surface area contributed by atoms with Gasteiger partial charge in [-0.05, 0) is 42.7 Å². The van der Waals surface area contributed by atoms with Crippen molar-refractivity contribution >= 4 is 24.5 Å². The monoisotopic (exact) mass is 334 g/mol. The number of aryl methyl sites for hydroxylation is 1. The largest absolute Gasteiger partial charge is 0.334 e. The third-order valence-electron chi connectivity index (χ3n) is 4.64. The smallest absolute Gasteiger partial charge is 0.332 e. The number of anilines is 1. The Hall–Kier alpha value is -1.16. The molecule has 128 valence electrons. The predicted molar refractivity (Wildman–Crippen MR) is 102 cm³/mol. The highest BCUT2D eigenvalue weighted by molar-refractivity contribution is 7.82. The van der Waals surface area contributed by atoms with Gasteiger partial charge in [-0.15, -0.1) is 0 Å². The molecule has 0 atom stereocenters. The zero-order valence-electron chi connectivity index (χ0n) is 15.0. The normalized spacial score (nSPS) is 15.5. The first kappa shape index (κ1) is 18.2. The summed E-state index contributed by atoms with van der Waals surface area (Å²) in [5, 5.41) is 3.13. The number of urea groups is 1. The van der Waals surface area contributed by atoms with Crippen LogP contribution in [0.3, 0.4) is 0 Å². The first-order valence-electron chi connectivity index (χ1n) is 8.75. The fourth-order valence-corrected chi connectivity index (χ4v) is 3.66. The molecule has 1 aromatic rings. The van der Waals surface area contributed by atoms with Crippen LogP contribution in [-0.2, 0) is 0 Å². The van der Waals surface area contributed by atoms with Crippen molar-refractivity contribution in [2.45, 2.75) is 78.2 Å². The Morgan fingerprint density at radius 3 is 2.04 bits per heavy atom. The molecule has 1 N–H and O–H groups in total. The molecule has 0 aliphatic heterocycles. The first-order chi connectivity index (χ1) is 10.8. The molecule has 23 heavy (non-hydrogen) atoms. The number of nitrogens with zero attached hydrogens (tertiary/aromatic N) is 1. The van der Waals surface area contributed by atoms with Gasteiger partial charge in [0.25, 0.3) is 0 Å². The molecule has 1 saturated carbocycles. The van der Waals surface area contributed by atoms with Crippen LogP contribution in [0.1, 0.15) is 81.9 Å². The second-order valence-corrected chi connectivity index (χ2v) is 7.74. The van der Waals surface area contributed by atoms with Crippen LogP contribution in [0.25, 0.3) is 0 Å². The number of hydrogen-bond donors (Lipinski definition) is 2. The number of carbonyl (C=O) groups is 1. The fourth-order valence-electron chi connectivity index (χ4n) is 3.37. The number of amides is 2. The minimum atomic E-state index is -0.104. The minimum Gasteiger partial charge on any atom is -0.334 e. The van der Waals surface area contributed by atoms with Crippen molar-refractivity contribution in [3.8, 4) is 0 Å². The van der Waals surface area contributed by atoms with Crippen LogP contribution in [0, 0.1) is 6.92 Å². The number of rotatable bonds is 4. The zero-order valence-corrected chi connectivity index (χ0v) is 15.9. The van der Waals surface area contributed by atoms with E-state index < -0.39 is 0 Å². The molecule has 0 bridgehead atoms. The lowest BCUT2D eigenvalue weighted by Gasteiger charge is -2.27. The Morgan fingerprint density at radius 1 is 1.13 bits per heavy atom. The average Bonchev–Trinajstić information content (AvgIpc) is 2.98. The van der Waals surface area contributed by atoms with E-state index in [-0.39, 0.29) is 6.03 Å². The lowest BCUT2D eigenvalue weighted by Crippen LogP contribution is -2.40. The van der Waals surface area contributed by atoms with E-state index in [2.05, 4.69) is 64.9 Å². The summed E-state index contributed by atoms with van der Waals surface area (Å²) < 4.78 is 1.53. The van der Waals surface area contributed by atoms with Crippen molar-refractivity contribution in [3.63, 3.8) is 0 Å². The summed E-state index contributed by atoms with van der Waals surface area (Å²) in [6, 6.07) is 4.55. The molecule has 0 spiro atoms. The molecule has 0 unspecified atom stereocenters. The van der Waals surface area contributed by atoms with Gasteiger partial charge in [0.15, 0.2) is 0 Å². The van der Waals surface area contributed by atoms with E-state index in [1.54, 1.807) is 0 Å². The van der Waals surface area contributed by atoms with Gasteiger partial charge < -0.3 is 5.32 Å². The van der Waals surface area contributed by atoms with Crippen LogP contribution in [0.5, 0.6) is 0 Å². The van der Waals surface area contributed by atoms with E-state index in [1.807, 2.05) is 0 Å². The lowest BCUT2D eigenvalue weighted by molar-refractivity contribution is 0.246. The standard InChI is InChI=1S/C19H30N2OS/c1-12(2)16-10-14(5)11-17(13(3)4)18(16)21(23)19(22)20-15-8-6-7-9-15/h10-13,15,23H,6-9H2,1-5H3,(H,20,22). The van der Waals surface area contributed by atoms with Crippen molar-refractivity contribution in [1.29, 1.82) is 0 Å². The van der Waals surface area contributed by atoms with E-state index in [1.165, 1.54) is 33.8 Å². The third kappa shape index (κ3) is 4.23. The fraction of sp³-hybridized carbons (Fsp3) is 0.632. The molecule has 0 heterocycles. The van der Waals surface area contributed by atoms with Gasteiger partial charge in [-0.1, -0.05) is 71.0 Å². The van der Waals surface area contributed by atoms with Crippen LogP contribution in [-0.4, -0.2) is 12.1 Å². The Kier molecular flexibility index (Phi) is 6.01. The molecule has 1 aliphatic rings. The van der Waals surface area contributed by atoms with Gasteiger partial charge >= 0.3 is 6.03 Å². The molecule has 1 fully saturated rings. The predicted octanol–water partition coefficient (Wildman–Crippen LogP) is 5.55. The molecule has 1 aliphatic carbocycles. The van der Waals surface area contributed by atoms with Crippen molar-refractivity contribution < 1.29 is 4.79 Å². The molecule has 2 amide bonds. The van der Waals surface area contributed by atoms with Crippen LogP contribution in [0.2, 0.25) is 0 Å². The summed E-state index contributed by atoms with van der Waals surface area (Å²) in [6.07, 6.45) is 4.57. The molecule has 2 rings (SSSR count). The number of carbonyl (C=O) groups excluding carboxylic acids is 1. The van der Waals surface area contributed by atoms with E-state index in [0.29, 0.717) is 17.9 Å². The summed E-state index contributed by atoms with van der Waals surface area (Å²) in [5.74, 6) is 0.688. The molecule has 4 heteroatoms. The Bertz CT molecular complexity index is 533. The summed E-state index contributed by atoms with van der Waals surface area (Å²) in [7, 11) is 0. The van der Waals surface area contributed by atoms with Gasteiger partial charge in [-0.3, -0.25) is 0 Å². The first-order valence-corrected chi connectivity index (χ1v) is 9.15. The maximum Gasteiger partial charge on any atom is 0.332 e. The van der Waals surface area contributed by atoms with E-state index in [9.17, 15) is 4.79 Å². The lowest BCUT2D eigenvalue weighted by atomic mass is 9.90. The molecule has 3 nitrogen and oxygen atoms in total. The van der Waals surface area contributed by atoms with Crippen LogP contribution < -0.4 is 9.62 Å². The summed E-state index contributed by atoms with van der Waals surface area (Å²) in [4.78, 5) is 12.7. The van der Waals surface area contributed by atoms with Gasteiger partial charge in [0, 0.05) is 6.04 Å². The highest BCUT2D eigenvalue weighted by Crippen LogP contribution is 2.37. The van der Waals surface area contributed by atoms with Gasteiger partial charge in [0.2, 0.25) is 0 Å². The number of hydrogen-bond acceptors (Lipinski definition) is 2. The molecular weight excluding hydrogens is 304 g/mol. The highest BCUT2D eigenvalue weighted by Gasteiger charge is 2.25. The van der Waals surface area contributed by atoms with Gasteiger partial charge in [0.05, 0.1) is 5.69 Å². The van der Waals surface area contributed by atoms with Gasteiger partial charge in [0.1, 0.15) is 0 Å². The van der Waals surface area contributed by atoms with E-state index >= 15 is 0 Å². The number of benzene rings is 1. The molecule has 0 radical (unpaired) electrons. The molecule has 0 aromatic heterocycles. The van der Waals surface area contributed by atoms with Crippen molar-refractivity contribution in [2.24, 2.45) is 0 Å². The number of thiol groups is 1. The molecule has 1 aromatic carbocycles. The van der Waals surface area contributed by atoms with Gasteiger partial charge in [-0.25, -0.2) is 9.10 Å². The molecule has 0 saturated heterocycles. The zero-order chi connectivity index (χ0) is 17.1. The van der Waals surface area contributed by atoms with Crippen LogP contribution in [0.15, 0.2) is 12.1 Å². The second-order valence-electron chi connectivity index (χ2n) is 7.34. The van der Waals surface area contributed by atoms with E-state index in [0.717, 1.165) is 18.5 Å².